The Labute approximate surface area is 243 Å². The molecule has 0 atom stereocenters. The number of carbonyl (C=O) groups excluding carboxylic acids is 1. The van der Waals surface area contributed by atoms with Gasteiger partial charge in [0, 0.05) is 17.6 Å². The van der Waals surface area contributed by atoms with Crippen molar-refractivity contribution >= 4 is 44.8 Å². The van der Waals surface area contributed by atoms with Crippen molar-refractivity contribution in [3.8, 4) is 17.2 Å². The first-order chi connectivity index (χ1) is 19.2. The lowest BCUT2D eigenvalue weighted by Gasteiger charge is -2.24. The van der Waals surface area contributed by atoms with Crippen LogP contribution in [0.15, 0.2) is 95.9 Å². The number of nitrogens with zero attached hydrogens (tertiary/aromatic N) is 1. The monoisotopic (exact) mass is 596 g/mol. The summed E-state index contributed by atoms with van der Waals surface area (Å²) in [5.74, 6) is 1.30. The van der Waals surface area contributed by atoms with Gasteiger partial charge in [-0.2, -0.15) is 0 Å². The van der Waals surface area contributed by atoms with Gasteiger partial charge in [0.05, 0.1) is 28.3 Å². The minimum atomic E-state index is -4.04. The second-order valence-corrected chi connectivity index (χ2v) is 11.8. The molecule has 1 saturated carbocycles. The van der Waals surface area contributed by atoms with Gasteiger partial charge in [0.15, 0.2) is 0 Å². The van der Waals surface area contributed by atoms with Crippen LogP contribution in [0, 0.1) is 0 Å². The molecule has 0 unspecified atom stereocenters. The molecule has 1 fully saturated rings. The van der Waals surface area contributed by atoms with Crippen LogP contribution in [0.3, 0.4) is 0 Å². The Morgan fingerprint density at radius 2 is 1.60 bits per heavy atom. The first-order valence-electron chi connectivity index (χ1n) is 12.5. The third kappa shape index (κ3) is 6.53. The topological polar surface area (TPSA) is 84.9 Å². The SMILES string of the molecule is COc1ccc(CN(C(=O)c2cc(Cl)ccc2NS(=O)(=O)c2ccc(Oc3ccccc3Cl)cc2)C2CC2)cc1. The van der Waals surface area contributed by atoms with Gasteiger partial charge in [-0.15, -0.1) is 0 Å². The summed E-state index contributed by atoms with van der Waals surface area (Å²) in [6, 6.07) is 25.0. The maximum absolute atomic E-state index is 13.8. The average molecular weight is 598 g/mol. The summed E-state index contributed by atoms with van der Waals surface area (Å²) < 4.78 is 40.2. The highest BCUT2D eigenvalue weighted by atomic mass is 35.5. The number of hydrogen-bond donors (Lipinski definition) is 1. The van der Waals surface area contributed by atoms with Gasteiger partial charge in [-0.05, 0) is 85.1 Å². The van der Waals surface area contributed by atoms with Crippen LogP contribution < -0.4 is 14.2 Å². The maximum Gasteiger partial charge on any atom is 0.261 e. The zero-order chi connectivity index (χ0) is 28.3. The van der Waals surface area contributed by atoms with Crippen LogP contribution in [0.4, 0.5) is 5.69 Å². The molecule has 0 bridgehead atoms. The van der Waals surface area contributed by atoms with Crippen molar-refractivity contribution in [2.45, 2.75) is 30.3 Å². The molecular weight excluding hydrogens is 571 g/mol. The number of nitrogens with one attached hydrogen (secondary N) is 1. The quantitative estimate of drug-likeness (QED) is 0.206. The third-order valence-electron chi connectivity index (χ3n) is 6.42. The van der Waals surface area contributed by atoms with Crippen LogP contribution in [0.25, 0.3) is 0 Å². The largest absolute Gasteiger partial charge is 0.497 e. The molecule has 0 aromatic heterocycles. The predicted octanol–water partition coefficient (Wildman–Crippen LogP) is 7.40. The van der Waals surface area contributed by atoms with Crippen molar-refractivity contribution in [2.75, 3.05) is 11.8 Å². The van der Waals surface area contributed by atoms with Crippen molar-refractivity contribution in [2.24, 2.45) is 0 Å². The van der Waals surface area contributed by atoms with Crippen molar-refractivity contribution in [1.29, 1.82) is 0 Å². The Morgan fingerprint density at radius 1 is 0.925 bits per heavy atom. The van der Waals surface area contributed by atoms with E-state index >= 15 is 0 Å². The van der Waals surface area contributed by atoms with Crippen molar-refractivity contribution in [3.05, 3.63) is 112 Å². The summed E-state index contributed by atoms with van der Waals surface area (Å²) in [7, 11) is -2.44. The highest BCUT2D eigenvalue weighted by molar-refractivity contribution is 7.92. The van der Waals surface area contributed by atoms with E-state index in [1.807, 2.05) is 24.3 Å². The van der Waals surface area contributed by atoms with Crippen molar-refractivity contribution < 1.29 is 22.7 Å². The summed E-state index contributed by atoms with van der Waals surface area (Å²) >= 11 is 12.4. The summed E-state index contributed by atoms with van der Waals surface area (Å²) in [4.78, 5) is 15.5. The van der Waals surface area contributed by atoms with E-state index in [-0.39, 0.29) is 28.1 Å². The fourth-order valence-corrected chi connectivity index (χ4v) is 5.59. The number of benzene rings is 4. The van der Waals surface area contributed by atoms with Gasteiger partial charge < -0.3 is 14.4 Å². The molecule has 0 heterocycles. The number of amides is 1. The Bertz CT molecular complexity index is 1620. The molecule has 0 spiro atoms. The van der Waals surface area contributed by atoms with E-state index in [1.54, 1.807) is 42.3 Å². The first kappa shape index (κ1) is 27.8. The number of rotatable bonds is 10. The van der Waals surface area contributed by atoms with Crippen molar-refractivity contribution in [3.63, 3.8) is 0 Å². The molecule has 206 valence electrons. The van der Waals surface area contributed by atoms with Crippen LogP contribution in [0.1, 0.15) is 28.8 Å². The molecule has 0 aliphatic heterocycles. The van der Waals surface area contributed by atoms with Gasteiger partial charge in [0.2, 0.25) is 0 Å². The fourth-order valence-electron chi connectivity index (χ4n) is 4.16. The number of methoxy groups -OCH3 is 1. The zero-order valence-electron chi connectivity index (χ0n) is 21.5. The lowest BCUT2D eigenvalue weighted by Crippen LogP contribution is -2.33. The predicted molar refractivity (Wildman–Crippen MR) is 156 cm³/mol. The van der Waals surface area contributed by atoms with Gasteiger partial charge in [0.1, 0.15) is 17.2 Å². The molecule has 4 aromatic carbocycles. The molecule has 10 heteroatoms. The smallest absolute Gasteiger partial charge is 0.261 e. The Balaban J connectivity index is 1.37. The standard InChI is InChI=1S/C30H26Cl2N2O5S/c1-38-23-11-6-20(7-12-23)19-34(22-9-10-22)30(35)26-18-21(31)8-17-28(26)33-40(36,37)25-15-13-24(14-16-25)39-29-5-3-2-4-27(29)32/h2-8,11-18,22,33H,9-10,19H2,1H3. The number of carbonyl (C=O) groups is 1. The van der Waals surface area contributed by atoms with Gasteiger partial charge in [-0.3, -0.25) is 9.52 Å². The molecule has 40 heavy (non-hydrogen) atoms. The van der Waals surface area contributed by atoms with Gasteiger partial charge in [-0.25, -0.2) is 8.42 Å². The second-order valence-electron chi connectivity index (χ2n) is 9.31. The fraction of sp³-hybridized carbons (Fsp3) is 0.167. The molecule has 4 aromatic rings. The van der Waals surface area contributed by atoms with E-state index in [4.69, 9.17) is 32.7 Å². The summed E-state index contributed by atoms with van der Waals surface area (Å²) in [5, 5.41) is 0.764. The number of sulfonamides is 1. The molecule has 1 aliphatic carbocycles. The normalized spacial score (nSPS) is 13.0. The Kier molecular flexibility index (Phi) is 8.21. The van der Waals surface area contributed by atoms with E-state index in [2.05, 4.69) is 4.72 Å². The summed E-state index contributed by atoms with van der Waals surface area (Å²) in [6.07, 6.45) is 1.76. The van der Waals surface area contributed by atoms with Gasteiger partial charge in [-0.1, -0.05) is 47.5 Å². The number of hydrogen-bond acceptors (Lipinski definition) is 5. The first-order valence-corrected chi connectivity index (χ1v) is 14.8. The molecular formula is C30H26Cl2N2O5S. The number of anilines is 1. The third-order valence-corrected chi connectivity index (χ3v) is 8.34. The maximum atomic E-state index is 13.8. The molecule has 7 nitrogen and oxygen atoms in total. The molecule has 5 rings (SSSR count). The summed E-state index contributed by atoms with van der Waals surface area (Å²) in [5.41, 5.74) is 1.26. The lowest BCUT2D eigenvalue weighted by molar-refractivity contribution is 0.0731. The molecule has 1 amide bonds. The second kappa shape index (κ2) is 11.8. The highest BCUT2D eigenvalue weighted by Gasteiger charge is 2.34. The Morgan fingerprint density at radius 3 is 2.25 bits per heavy atom. The number of para-hydroxylation sites is 1. The molecule has 1 N–H and O–H groups in total. The van der Waals surface area contributed by atoms with Gasteiger partial charge >= 0.3 is 0 Å². The van der Waals surface area contributed by atoms with E-state index in [1.165, 1.54) is 36.4 Å². The van der Waals surface area contributed by atoms with Gasteiger partial charge in [0.25, 0.3) is 15.9 Å². The van der Waals surface area contributed by atoms with Crippen LogP contribution in [-0.4, -0.2) is 32.4 Å². The van der Waals surface area contributed by atoms with Crippen LogP contribution in [-0.2, 0) is 16.6 Å². The molecule has 1 aliphatic rings. The van der Waals surface area contributed by atoms with Crippen LogP contribution >= 0.6 is 23.2 Å². The van der Waals surface area contributed by atoms with E-state index in [0.29, 0.717) is 28.1 Å². The minimum Gasteiger partial charge on any atom is -0.497 e. The lowest BCUT2D eigenvalue weighted by atomic mass is 10.1. The minimum absolute atomic E-state index is 0.00430. The van der Waals surface area contributed by atoms with E-state index < -0.39 is 10.0 Å². The highest BCUT2D eigenvalue weighted by Crippen LogP contribution is 2.34. The van der Waals surface area contributed by atoms with Crippen molar-refractivity contribution in [1.82, 2.24) is 4.90 Å². The van der Waals surface area contributed by atoms with Crippen LogP contribution in [0.2, 0.25) is 10.0 Å². The van der Waals surface area contributed by atoms with E-state index in [0.717, 1.165) is 24.2 Å². The summed E-state index contributed by atoms with van der Waals surface area (Å²) in [6.45, 7) is 0.374. The Hall–Kier alpha value is -3.72. The number of halogens is 2. The molecule has 0 radical (unpaired) electrons. The van der Waals surface area contributed by atoms with E-state index in [9.17, 15) is 13.2 Å². The average Bonchev–Trinajstić information content (AvgIpc) is 3.80. The zero-order valence-corrected chi connectivity index (χ0v) is 23.8. The number of ether oxygens (including phenoxy) is 2. The van der Waals surface area contributed by atoms with Crippen LogP contribution in [0.5, 0.6) is 17.2 Å². The molecule has 0 saturated heterocycles.